The molecule has 0 spiro atoms. The molecule has 0 saturated carbocycles. The van der Waals surface area contributed by atoms with E-state index in [0.29, 0.717) is 18.8 Å². The van der Waals surface area contributed by atoms with Crippen LogP contribution >= 0.6 is 0 Å². The van der Waals surface area contributed by atoms with Gasteiger partial charge in [-0.05, 0) is 38.0 Å². The molecule has 0 aliphatic carbocycles. The standard InChI is InChI=1S/C14H20N2O5S/c1-11(15-22(19,20)16-7-2-3-8-16)10-21-13-6-4-5-12(9-13)14(17)18/h4-6,9,11,15H,2-3,7-8,10H2,1H3,(H,17,18). The van der Waals surface area contributed by atoms with Crippen molar-refractivity contribution in [3.63, 3.8) is 0 Å². The molecule has 22 heavy (non-hydrogen) atoms. The fourth-order valence-corrected chi connectivity index (χ4v) is 3.70. The van der Waals surface area contributed by atoms with Crippen LogP contribution in [0, 0.1) is 0 Å². The van der Waals surface area contributed by atoms with Gasteiger partial charge in [-0.1, -0.05) is 6.07 Å². The smallest absolute Gasteiger partial charge is 0.335 e. The Morgan fingerprint density at radius 3 is 2.73 bits per heavy atom. The third-order valence-corrected chi connectivity index (χ3v) is 5.08. The molecule has 1 unspecified atom stereocenters. The van der Waals surface area contributed by atoms with Gasteiger partial charge in [0.25, 0.3) is 10.2 Å². The average molecular weight is 328 g/mol. The molecule has 1 aliphatic rings. The molecule has 1 aliphatic heterocycles. The zero-order valence-corrected chi connectivity index (χ0v) is 13.2. The first kappa shape index (κ1) is 16.7. The van der Waals surface area contributed by atoms with Crippen molar-refractivity contribution in [1.82, 2.24) is 9.03 Å². The van der Waals surface area contributed by atoms with Crippen LogP contribution in [0.5, 0.6) is 5.75 Å². The van der Waals surface area contributed by atoms with Crippen LogP contribution in [-0.2, 0) is 10.2 Å². The minimum Gasteiger partial charge on any atom is -0.492 e. The molecule has 8 heteroatoms. The molecule has 1 heterocycles. The molecule has 2 rings (SSSR count). The van der Waals surface area contributed by atoms with Crippen LogP contribution in [-0.4, -0.2) is 49.5 Å². The van der Waals surface area contributed by atoms with Crippen LogP contribution in [0.1, 0.15) is 30.1 Å². The average Bonchev–Trinajstić information content (AvgIpc) is 3.00. The van der Waals surface area contributed by atoms with E-state index >= 15 is 0 Å². The Balaban J connectivity index is 1.88. The van der Waals surface area contributed by atoms with Crippen LogP contribution < -0.4 is 9.46 Å². The maximum absolute atomic E-state index is 12.1. The Morgan fingerprint density at radius 1 is 1.41 bits per heavy atom. The van der Waals surface area contributed by atoms with Crippen LogP contribution in [0.4, 0.5) is 0 Å². The second kappa shape index (κ2) is 7.08. The fourth-order valence-electron chi connectivity index (χ4n) is 2.23. The number of nitrogens with one attached hydrogen (secondary N) is 1. The summed E-state index contributed by atoms with van der Waals surface area (Å²) in [6.45, 7) is 2.91. The highest BCUT2D eigenvalue weighted by atomic mass is 32.2. The minimum atomic E-state index is -3.48. The number of benzene rings is 1. The van der Waals surface area contributed by atoms with E-state index in [1.54, 1.807) is 19.1 Å². The quantitative estimate of drug-likeness (QED) is 0.781. The van der Waals surface area contributed by atoms with E-state index in [9.17, 15) is 13.2 Å². The number of ether oxygens (including phenoxy) is 1. The first-order chi connectivity index (χ1) is 10.4. The Bertz CT molecular complexity index is 626. The van der Waals surface area contributed by atoms with Crippen molar-refractivity contribution in [1.29, 1.82) is 0 Å². The van der Waals surface area contributed by atoms with Crippen LogP contribution in [0.2, 0.25) is 0 Å². The van der Waals surface area contributed by atoms with Crippen molar-refractivity contribution in [3.05, 3.63) is 29.8 Å². The van der Waals surface area contributed by atoms with E-state index in [1.165, 1.54) is 16.4 Å². The summed E-state index contributed by atoms with van der Waals surface area (Å²) < 4.78 is 33.6. The van der Waals surface area contributed by atoms with E-state index in [-0.39, 0.29) is 12.2 Å². The molecule has 0 bridgehead atoms. The third-order valence-electron chi connectivity index (χ3n) is 3.34. The maximum atomic E-state index is 12.1. The second-order valence-electron chi connectivity index (χ2n) is 5.27. The van der Waals surface area contributed by atoms with E-state index in [4.69, 9.17) is 9.84 Å². The van der Waals surface area contributed by atoms with Crippen LogP contribution in [0.25, 0.3) is 0 Å². The number of aromatic carboxylic acids is 1. The van der Waals surface area contributed by atoms with E-state index < -0.39 is 22.2 Å². The Morgan fingerprint density at radius 2 is 2.09 bits per heavy atom. The first-order valence-electron chi connectivity index (χ1n) is 7.12. The number of carbonyl (C=O) groups is 1. The normalized spacial score (nSPS) is 17.3. The van der Waals surface area contributed by atoms with Gasteiger partial charge in [-0.15, -0.1) is 0 Å². The third kappa shape index (κ3) is 4.43. The van der Waals surface area contributed by atoms with Gasteiger partial charge in [0.05, 0.1) is 11.6 Å². The summed E-state index contributed by atoms with van der Waals surface area (Å²) in [5.74, 6) is -0.639. The lowest BCUT2D eigenvalue weighted by Gasteiger charge is -2.20. The first-order valence-corrected chi connectivity index (χ1v) is 8.56. The summed E-state index contributed by atoms with van der Waals surface area (Å²) in [7, 11) is -3.48. The summed E-state index contributed by atoms with van der Waals surface area (Å²) >= 11 is 0. The predicted molar refractivity (Wildman–Crippen MR) is 81.2 cm³/mol. The molecular weight excluding hydrogens is 308 g/mol. The zero-order valence-electron chi connectivity index (χ0n) is 12.4. The van der Waals surface area contributed by atoms with Crippen molar-refractivity contribution in [2.24, 2.45) is 0 Å². The largest absolute Gasteiger partial charge is 0.492 e. The molecule has 1 atom stereocenters. The summed E-state index contributed by atoms with van der Waals surface area (Å²) in [4.78, 5) is 10.9. The Kier molecular flexibility index (Phi) is 5.38. The minimum absolute atomic E-state index is 0.121. The molecular formula is C14H20N2O5S. The molecule has 1 saturated heterocycles. The Labute approximate surface area is 130 Å². The maximum Gasteiger partial charge on any atom is 0.335 e. The van der Waals surface area contributed by atoms with Gasteiger partial charge in [-0.2, -0.15) is 17.4 Å². The van der Waals surface area contributed by atoms with Crippen molar-refractivity contribution in [2.75, 3.05) is 19.7 Å². The van der Waals surface area contributed by atoms with Crippen LogP contribution in [0.15, 0.2) is 24.3 Å². The van der Waals surface area contributed by atoms with Crippen molar-refractivity contribution in [2.45, 2.75) is 25.8 Å². The number of rotatable bonds is 7. The van der Waals surface area contributed by atoms with Gasteiger partial charge in [0.2, 0.25) is 0 Å². The topological polar surface area (TPSA) is 95.9 Å². The van der Waals surface area contributed by atoms with E-state index in [1.807, 2.05) is 0 Å². The lowest BCUT2D eigenvalue weighted by atomic mass is 10.2. The molecule has 0 amide bonds. The summed E-state index contributed by atoms with van der Waals surface area (Å²) in [5, 5.41) is 8.91. The molecule has 122 valence electrons. The van der Waals surface area contributed by atoms with Crippen molar-refractivity contribution >= 4 is 16.2 Å². The number of nitrogens with zero attached hydrogens (tertiary/aromatic N) is 1. The lowest BCUT2D eigenvalue weighted by molar-refractivity contribution is 0.0696. The monoisotopic (exact) mass is 328 g/mol. The highest BCUT2D eigenvalue weighted by Gasteiger charge is 2.26. The molecule has 1 aromatic carbocycles. The highest BCUT2D eigenvalue weighted by Crippen LogP contribution is 2.14. The molecule has 1 fully saturated rings. The number of carboxylic acids is 1. The van der Waals surface area contributed by atoms with Gasteiger partial charge in [0.15, 0.2) is 0 Å². The van der Waals surface area contributed by atoms with Crippen molar-refractivity contribution < 1.29 is 23.1 Å². The Hall–Kier alpha value is -1.64. The number of hydrogen-bond acceptors (Lipinski definition) is 4. The van der Waals surface area contributed by atoms with Gasteiger partial charge in [0, 0.05) is 13.1 Å². The van der Waals surface area contributed by atoms with Gasteiger partial charge in [-0.25, -0.2) is 4.79 Å². The summed E-state index contributed by atoms with van der Waals surface area (Å²) in [6.07, 6.45) is 1.77. The SMILES string of the molecule is CC(COc1cccc(C(=O)O)c1)NS(=O)(=O)N1CCCC1. The van der Waals surface area contributed by atoms with Gasteiger partial charge in [-0.3, -0.25) is 0 Å². The van der Waals surface area contributed by atoms with E-state index in [2.05, 4.69) is 4.72 Å². The molecule has 7 nitrogen and oxygen atoms in total. The molecule has 0 aromatic heterocycles. The van der Waals surface area contributed by atoms with E-state index in [0.717, 1.165) is 12.8 Å². The lowest BCUT2D eigenvalue weighted by Crippen LogP contribution is -2.45. The molecule has 2 N–H and O–H groups in total. The molecule has 0 radical (unpaired) electrons. The number of hydrogen-bond donors (Lipinski definition) is 2. The number of carboxylic acid groups (broad SMARTS) is 1. The highest BCUT2D eigenvalue weighted by molar-refractivity contribution is 7.87. The summed E-state index contributed by atoms with van der Waals surface area (Å²) in [5.41, 5.74) is 0.128. The van der Waals surface area contributed by atoms with Crippen molar-refractivity contribution in [3.8, 4) is 5.75 Å². The second-order valence-corrected chi connectivity index (χ2v) is 6.98. The molecule has 1 aromatic rings. The predicted octanol–water partition coefficient (Wildman–Crippen LogP) is 1.08. The fraction of sp³-hybridized carbons (Fsp3) is 0.500. The van der Waals surface area contributed by atoms with Crippen LogP contribution in [0.3, 0.4) is 0 Å². The van der Waals surface area contributed by atoms with Gasteiger partial charge >= 0.3 is 5.97 Å². The van der Waals surface area contributed by atoms with Gasteiger partial charge in [0.1, 0.15) is 12.4 Å². The summed E-state index contributed by atoms with van der Waals surface area (Å²) in [6, 6.07) is 5.67. The van der Waals surface area contributed by atoms with Gasteiger partial charge < -0.3 is 9.84 Å². The zero-order chi connectivity index (χ0) is 16.2.